The van der Waals surface area contributed by atoms with Crippen LogP contribution in [0.3, 0.4) is 0 Å². The highest BCUT2D eigenvalue weighted by Crippen LogP contribution is 2.44. The van der Waals surface area contributed by atoms with E-state index in [2.05, 4.69) is 51.1 Å². The molecule has 4 aromatic rings. The van der Waals surface area contributed by atoms with Crippen molar-refractivity contribution in [2.75, 3.05) is 23.9 Å². The number of pyridine rings is 1. The van der Waals surface area contributed by atoms with Crippen molar-refractivity contribution in [2.45, 2.75) is 32.9 Å². The molecule has 200 valence electrons. The zero-order valence-electron chi connectivity index (χ0n) is 22.2. The number of aromatic nitrogens is 2. The van der Waals surface area contributed by atoms with Crippen LogP contribution in [0.2, 0.25) is 5.02 Å². The highest BCUT2D eigenvalue weighted by molar-refractivity contribution is 7.80. The molecule has 2 aromatic carbocycles. The molecular weight excluding hydrogens is 530 g/mol. The highest BCUT2D eigenvalue weighted by atomic mass is 35.5. The summed E-state index contributed by atoms with van der Waals surface area (Å²) in [6, 6.07) is 21.6. The SMILES string of the molecule is COCC(=O)Nc1ccc(N2C(=S)N[C@H](c3ccccn3)[C@H]2c2cc(C)n(-c3cccc(Cl)c3)c2C)cc1C. The summed E-state index contributed by atoms with van der Waals surface area (Å²) in [5.41, 5.74) is 7.80. The van der Waals surface area contributed by atoms with E-state index in [0.717, 1.165) is 45.3 Å². The molecule has 2 aromatic heterocycles. The number of rotatable bonds is 7. The maximum atomic E-state index is 12.1. The molecule has 2 N–H and O–H groups in total. The molecule has 1 fully saturated rings. The van der Waals surface area contributed by atoms with E-state index in [9.17, 15) is 4.79 Å². The Balaban J connectivity index is 1.61. The molecule has 0 bridgehead atoms. The van der Waals surface area contributed by atoms with Gasteiger partial charge in [0.2, 0.25) is 5.91 Å². The summed E-state index contributed by atoms with van der Waals surface area (Å²) in [7, 11) is 1.50. The molecule has 0 saturated carbocycles. The molecule has 0 radical (unpaired) electrons. The van der Waals surface area contributed by atoms with Gasteiger partial charge >= 0.3 is 0 Å². The monoisotopic (exact) mass is 559 g/mol. The number of nitrogens with one attached hydrogen (secondary N) is 2. The van der Waals surface area contributed by atoms with Gasteiger partial charge in [-0.15, -0.1) is 0 Å². The molecule has 2 atom stereocenters. The zero-order valence-corrected chi connectivity index (χ0v) is 23.8. The Bertz CT molecular complexity index is 1540. The number of methoxy groups -OCH3 is 1. The summed E-state index contributed by atoms with van der Waals surface area (Å²) >= 11 is 12.3. The molecule has 1 saturated heterocycles. The van der Waals surface area contributed by atoms with Crippen molar-refractivity contribution in [1.29, 1.82) is 0 Å². The standard InChI is InChI=1S/C30H30ClN5O2S/c1-18-14-23(11-12-25(18)33-27(37)17-38-4)36-29(28(34-30(36)39)26-10-5-6-13-32-26)24-15-19(2)35(20(24)3)22-9-7-8-21(31)16-22/h5-16,28-29H,17H2,1-4H3,(H,33,37)(H,34,39)/t28-,29-/m1/s1. The Hall–Kier alpha value is -3.72. The molecule has 39 heavy (non-hydrogen) atoms. The van der Waals surface area contributed by atoms with Crippen LogP contribution in [0.1, 0.15) is 40.3 Å². The summed E-state index contributed by atoms with van der Waals surface area (Å²) in [4.78, 5) is 18.9. The molecular formula is C30H30ClN5O2S. The second-order valence-electron chi connectivity index (χ2n) is 9.62. The lowest BCUT2D eigenvalue weighted by Crippen LogP contribution is -2.29. The van der Waals surface area contributed by atoms with E-state index in [1.165, 1.54) is 7.11 Å². The molecule has 7 nitrogen and oxygen atoms in total. The Morgan fingerprint density at radius 3 is 2.59 bits per heavy atom. The van der Waals surface area contributed by atoms with Gasteiger partial charge in [-0.25, -0.2) is 0 Å². The maximum Gasteiger partial charge on any atom is 0.250 e. The van der Waals surface area contributed by atoms with E-state index in [4.69, 9.17) is 28.6 Å². The first-order valence-electron chi connectivity index (χ1n) is 12.6. The van der Waals surface area contributed by atoms with Crippen LogP contribution in [0.15, 0.2) is 72.9 Å². The molecule has 5 rings (SSSR count). The number of halogens is 1. The molecule has 0 aliphatic carbocycles. The van der Waals surface area contributed by atoms with Crippen LogP contribution in [0, 0.1) is 20.8 Å². The summed E-state index contributed by atoms with van der Waals surface area (Å²) in [5.74, 6) is -0.201. The average Bonchev–Trinajstić information content (AvgIpc) is 3.40. The Kier molecular flexibility index (Phi) is 7.70. The van der Waals surface area contributed by atoms with Gasteiger partial charge in [0.1, 0.15) is 6.61 Å². The number of amides is 1. The van der Waals surface area contributed by atoms with Crippen LogP contribution in [-0.2, 0) is 9.53 Å². The number of ether oxygens (including phenoxy) is 1. The van der Waals surface area contributed by atoms with Crippen molar-refractivity contribution in [1.82, 2.24) is 14.9 Å². The number of hydrogen-bond acceptors (Lipinski definition) is 4. The number of aryl methyl sites for hydroxylation is 2. The van der Waals surface area contributed by atoms with Crippen LogP contribution in [-0.4, -0.2) is 34.3 Å². The van der Waals surface area contributed by atoms with Crippen molar-refractivity contribution in [3.05, 3.63) is 106 Å². The van der Waals surface area contributed by atoms with E-state index in [0.29, 0.717) is 10.1 Å². The number of carbonyl (C=O) groups excluding carboxylic acids is 1. The van der Waals surface area contributed by atoms with Crippen LogP contribution < -0.4 is 15.5 Å². The molecule has 1 aliphatic rings. The largest absolute Gasteiger partial charge is 0.375 e. The van der Waals surface area contributed by atoms with Crippen molar-refractivity contribution < 1.29 is 9.53 Å². The first-order valence-corrected chi connectivity index (χ1v) is 13.4. The van der Waals surface area contributed by atoms with Crippen LogP contribution >= 0.6 is 23.8 Å². The van der Waals surface area contributed by atoms with Crippen LogP contribution in [0.4, 0.5) is 11.4 Å². The number of benzene rings is 2. The normalized spacial score (nSPS) is 16.8. The fourth-order valence-corrected chi connectivity index (χ4v) is 5.83. The predicted octanol–water partition coefficient (Wildman–Crippen LogP) is 6.21. The highest BCUT2D eigenvalue weighted by Gasteiger charge is 2.42. The third-order valence-electron chi connectivity index (χ3n) is 6.99. The Morgan fingerprint density at radius 2 is 1.90 bits per heavy atom. The lowest BCUT2D eigenvalue weighted by atomic mass is 9.96. The van der Waals surface area contributed by atoms with Gasteiger partial charge in [0.05, 0.1) is 17.8 Å². The summed E-state index contributed by atoms with van der Waals surface area (Å²) < 4.78 is 7.17. The third-order valence-corrected chi connectivity index (χ3v) is 7.54. The Morgan fingerprint density at radius 1 is 1.08 bits per heavy atom. The first kappa shape index (κ1) is 26.9. The van der Waals surface area contributed by atoms with E-state index < -0.39 is 0 Å². The zero-order chi connectivity index (χ0) is 27.7. The number of anilines is 2. The summed E-state index contributed by atoms with van der Waals surface area (Å²) in [6.45, 7) is 6.18. The lowest BCUT2D eigenvalue weighted by Gasteiger charge is -2.29. The average molecular weight is 560 g/mol. The number of hydrogen-bond donors (Lipinski definition) is 2. The predicted molar refractivity (Wildman–Crippen MR) is 160 cm³/mol. The van der Waals surface area contributed by atoms with Crippen LogP contribution in [0.25, 0.3) is 5.69 Å². The first-order chi connectivity index (χ1) is 18.8. The maximum absolute atomic E-state index is 12.1. The fraction of sp³-hybridized carbons (Fsp3) is 0.233. The molecule has 1 aliphatic heterocycles. The fourth-order valence-electron chi connectivity index (χ4n) is 5.30. The lowest BCUT2D eigenvalue weighted by molar-refractivity contribution is -0.119. The summed E-state index contributed by atoms with van der Waals surface area (Å²) in [5, 5.41) is 7.74. The Labute approximate surface area is 238 Å². The van der Waals surface area contributed by atoms with Gasteiger partial charge in [0.15, 0.2) is 5.11 Å². The van der Waals surface area contributed by atoms with Gasteiger partial charge in [0, 0.05) is 46.8 Å². The molecule has 1 amide bonds. The van der Waals surface area contributed by atoms with E-state index in [-0.39, 0.29) is 24.6 Å². The molecule has 9 heteroatoms. The summed E-state index contributed by atoms with van der Waals surface area (Å²) in [6.07, 6.45) is 1.80. The molecule has 3 heterocycles. The van der Waals surface area contributed by atoms with Gasteiger partial charge in [-0.2, -0.15) is 0 Å². The van der Waals surface area contributed by atoms with Gasteiger partial charge in [-0.05, 0) is 98.7 Å². The smallest absolute Gasteiger partial charge is 0.250 e. The number of nitrogens with zero attached hydrogens (tertiary/aromatic N) is 3. The quantitative estimate of drug-likeness (QED) is 0.262. The molecule has 0 spiro atoms. The van der Waals surface area contributed by atoms with Crippen molar-refractivity contribution in [2.24, 2.45) is 0 Å². The van der Waals surface area contributed by atoms with Gasteiger partial charge < -0.3 is 24.8 Å². The second kappa shape index (κ2) is 11.2. The van der Waals surface area contributed by atoms with E-state index in [1.807, 2.05) is 61.5 Å². The van der Waals surface area contributed by atoms with E-state index in [1.54, 1.807) is 6.20 Å². The second-order valence-corrected chi connectivity index (χ2v) is 10.4. The van der Waals surface area contributed by atoms with Gasteiger partial charge in [-0.1, -0.05) is 23.7 Å². The van der Waals surface area contributed by atoms with Crippen molar-refractivity contribution in [3.8, 4) is 5.69 Å². The minimum atomic E-state index is -0.201. The molecule has 0 unspecified atom stereocenters. The van der Waals surface area contributed by atoms with Crippen molar-refractivity contribution in [3.63, 3.8) is 0 Å². The van der Waals surface area contributed by atoms with Gasteiger partial charge in [0.25, 0.3) is 0 Å². The topological polar surface area (TPSA) is 71.4 Å². The van der Waals surface area contributed by atoms with Gasteiger partial charge in [-0.3, -0.25) is 9.78 Å². The number of carbonyl (C=O) groups is 1. The number of thiocarbonyl (C=S) groups is 1. The van der Waals surface area contributed by atoms with E-state index >= 15 is 0 Å². The third kappa shape index (κ3) is 5.28. The minimum absolute atomic E-state index is 0.00258. The van der Waals surface area contributed by atoms with Crippen molar-refractivity contribution >= 4 is 46.2 Å². The minimum Gasteiger partial charge on any atom is -0.375 e. The van der Waals surface area contributed by atoms with Crippen LogP contribution in [0.5, 0.6) is 0 Å².